The first-order valence-corrected chi connectivity index (χ1v) is 50.5. The van der Waals surface area contributed by atoms with Crippen LogP contribution in [-0.4, -0.2) is 215 Å². The molecule has 8 saturated heterocycles. The molecule has 8 aliphatic heterocycles. The number of nitrogens with one attached hydrogen (secondary N) is 1. The van der Waals surface area contributed by atoms with Crippen LogP contribution in [0.5, 0.6) is 0 Å². The number of likely N-dealkylation sites (tertiary alicyclic amines) is 1. The SMILES string of the molecule is C[C@@H](N)c1ccccc1.C[C@@H](NC(=O)[C@@H]1C(CO)N(Cc2ccccc2)C(=O)N1Cc1ccccc1)c1ccccc1.C[C@H](c1ccccc1)N1C(=O)C2[C@@H](C1=O)N(Cc1ccccc1)C(=O)N2Cc1ccccc1.O=C(O)[C@@H]1CN(Cc2ccccc2)C(=O)N1Cc1ccccc1.O=C1OCC2[C@@H]1N(Cc1ccccc1)C(=O)N2Cc1ccccc1.O=C1SCC2[C@@H]1N(Cc1ccccc1)C(=O)N2Cc1ccccc1.O=C=O. The Morgan fingerprint density at radius 3 is 0.980 bits per heavy atom. The maximum atomic E-state index is 13.6. The van der Waals surface area contributed by atoms with Crippen LogP contribution in [0.3, 0.4) is 0 Å². The lowest BCUT2D eigenvalue weighted by atomic mass is 10.0. The topological polar surface area (TPSA) is 345 Å². The summed E-state index contributed by atoms with van der Waals surface area (Å²) >= 11 is 1.35. The summed E-state index contributed by atoms with van der Waals surface area (Å²) in [4.78, 5) is 176. The van der Waals surface area contributed by atoms with Crippen LogP contribution in [-0.2, 0) is 109 Å². The number of urea groups is 5. The van der Waals surface area contributed by atoms with E-state index in [9.17, 15) is 63.0 Å². The van der Waals surface area contributed by atoms with Gasteiger partial charge in [0, 0.05) is 77.2 Å². The number of nitrogens with zero attached hydrogens (tertiary/aromatic N) is 11. The van der Waals surface area contributed by atoms with Gasteiger partial charge in [-0.25, -0.2) is 33.6 Å². The molecule has 0 aliphatic carbocycles. The van der Waals surface area contributed by atoms with Gasteiger partial charge in [-0.1, -0.05) is 406 Å². The van der Waals surface area contributed by atoms with Gasteiger partial charge in [-0.2, -0.15) is 9.59 Å². The van der Waals surface area contributed by atoms with Gasteiger partial charge in [-0.05, 0) is 93.1 Å². The highest BCUT2D eigenvalue weighted by Crippen LogP contribution is 2.41. The van der Waals surface area contributed by atoms with Gasteiger partial charge in [0.25, 0.3) is 11.8 Å². The lowest BCUT2D eigenvalue weighted by Gasteiger charge is -2.28. The summed E-state index contributed by atoms with van der Waals surface area (Å²) in [5.41, 5.74) is 18.5. The monoisotopic (exact) mass is 2020 g/mol. The third-order valence-corrected chi connectivity index (χ3v) is 28.2. The quantitative estimate of drug-likeness (QED) is 0.0201. The molecule has 0 aromatic heterocycles. The second-order valence-electron chi connectivity index (χ2n) is 37.1. The van der Waals surface area contributed by atoms with Crippen molar-refractivity contribution in [1.29, 1.82) is 0 Å². The van der Waals surface area contributed by atoms with Gasteiger partial charge in [0.05, 0.1) is 43.4 Å². The first-order chi connectivity index (χ1) is 72.5. The fourth-order valence-corrected chi connectivity index (χ4v) is 20.8. The number of aliphatic hydroxyl groups excluding tert-OH is 1. The number of fused-ring (bicyclic) bond motifs is 3. The average molecular weight is 2020 g/mol. The van der Waals surface area contributed by atoms with Crippen LogP contribution in [0.4, 0.5) is 24.0 Å². The third kappa shape index (κ3) is 26.5. The van der Waals surface area contributed by atoms with Gasteiger partial charge in [-0.15, -0.1) is 0 Å². The zero-order valence-electron chi connectivity index (χ0n) is 82.9. The normalized spacial score (nSPS) is 19.8. The van der Waals surface area contributed by atoms with E-state index >= 15 is 0 Å². The summed E-state index contributed by atoms with van der Waals surface area (Å²) in [6.45, 7) is 9.78. The molecule has 8 heterocycles. The fourth-order valence-electron chi connectivity index (χ4n) is 19.6. The fraction of sp³-hybridized carbons (Fsp3) is 0.244. The molecule has 762 valence electrons. The summed E-state index contributed by atoms with van der Waals surface area (Å²) in [6, 6.07) is 120. The first kappa shape index (κ1) is 106. The van der Waals surface area contributed by atoms with Gasteiger partial charge in [0.2, 0.25) is 11.0 Å². The Labute approximate surface area is 870 Å². The highest BCUT2D eigenvalue weighted by molar-refractivity contribution is 8.14. The molecule has 21 rings (SSSR count). The number of carboxylic acid groups (broad SMARTS) is 1. The Kier molecular flexibility index (Phi) is 36.9. The number of esters is 1. The van der Waals surface area contributed by atoms with E-state index in [4.69, 9.17) is 20.1 Å². The van der Waals surface area contributed by atoms with Crippen molar-refractivity contribution in [3.05, 3.63) is 467 Å². The molecule has 30 heteroatoms. The number of cyclic esters (lactones) is 1. The van der Waals surface area contributed by atoms with Crippen molar-refractivity contribution < 1.29 is 77.3 Å². The van der Waals surface area contributed by atoms with E-state index in [1.807, 2.05) is 420 Å². The van der Waals surface area contributed by atoms with Gasteiger partial charge < -0.3 is 75.0 Å². The number of thioether (sulfide) groups is 1. The molecule has 0 bridgehead atoms. The summed E-state index contributed by atoms with van der Waals surface area (Å²) in [6.07, 6.45) is 0.250. The number of aliphatic carboxylic acids is 1. The summed E-state index contributed by atoms with van der Waals surface area (Å²) in [5.74, 6) is -1.50. The van der Waals surface area contributed by atoms with E-state index < -0.39 is 48.3 Å². The number of hydrogen-bond acceptors (Lipinski definition) is 17. The van der Waals surface area contributed by atoms with Crippen molar-refractivity contribution in [2.45, 2.75) is 159 Å². The number of nitrogens with two attached hydrogens (primary N) is 1. The summed E-state index contributed by atoms with van der Waals surface area (Å²) in [7, 11) is 0. The predicted molar refractivity (Wildman–Crippen MR) is 563 cm³/mol. The van der Waals surface area contributed by atoms with E-state index in [1.165, 1.54) is 27.1 Å². The number of carboxylic acids is 1. The van der Waals surface area contributed by atoms with Crippen LogP contribution >= 0.6 is 11.8 Å². The van der Waals surface area contributed by atoms with E-state index in [0.29, 0.717) is 58.1 Å². The van der Waals surface area contributed by atoms with Crippen LogP contribution < -0.4 is 11.1 Å². The van der Waals surface area contributed by atoms with Crippen molar-refractivity contribution >= 4 is 82.8 Å². The minimum absolute atomic E-state index is 0.0288. The van der Waals surface area contributed by atoms with Crippen LogP contribution in [0.2, 0.25) is 0 Å². The number of carbonyl (C=O) groups excluding carboxylic acids is 12. The van der Waals surface area contributed by atoms with Crippen molar-refractivity contribution in [1.82, 2.24) is 59.2 Å². The highest BCUT2D eigenvalue weighted by Gasteiger charge is 2.62. The molecule has 5 N–H and O–H groups in total. The van der Waals surface area contributed by atoms with Gasteiger partial charge >= 0.3 is 48.2 Å². The van der Waals surface area contributed by atoms with Crippen molar-refractivity contribution in [2.75, 3.05) is 25.5 Å². The number of hydrogen-bond donors (Lipinski definition) is 4. The Morgan fingerprint density at radius 2 is 0.638 bits per heavy atom. The van der Waals surface area contributed by atoms with Crippen molar-refractivity contribution in [3.8, 4) is 0 Å². The maximum absolute atomic E-state index is 13.6. The molecule has 12 atom stereocenters. The molecule has 13 aromatic carbocycles. The summed E-state index contributed by atoms with van der Waals surface area (Å²) in [5, 5.41) is 22.9. The lowest BCUT2D eigenvalue weighted by Crippen LogP contribution is -2.50. The number of rotatable bonds is 28. The second kappa shape index (κ2) is 51.7. The molecule has 4 unspecified atom stereocenters. The molecule has 13 aromatic rings. The summed E-state index contributed by atoms with van der Waals surface area (Å²) < 4.78 is 5.23. The number of imide groups is 1. The molecular weight excluding hydrogens is 1900 g/mol. The Morgan fingerprint density at radius 1 is 0.356 bits per heavy atom. The van der Waals surface area contributed by atoms with Crippen LogP contribution in [0, 0.1) is 0 Å². The molecule has 149 heavy (non-hydrogen) atoms. The molecule has 29 nitrogen and oxygen atoms in total. The molecule has 0 saturated carbocycles. The molecule has 8 fully saturated rings. The van der Waals surface area contributed by atoms with Gasteiger partial charge in [-0.3, -0.25) is 24.1 Å². The number of amides is 13. The number of benzene rings is 13. The van der Waals surface area contributed by atoms with E-state index in [1.54, 1.807) is 39.2 Å². The minimum atomic E-state index is -0.968. The molecule has 13 amide bonds. The largest absolute Gasteiger partial charge is 0.480 e. The van der Waals surface area contributed by atoms with E-state index in [-0.39, 0.29) is 128 Å². The van der Waals surface area contributed by atoms with E-state index in [2.05, 4.69) is 5.32 Å². The van der Waals surface area contributed by atoms with Crippen LogP contribution in [0.1, 0.15) is 111 Å². The maximum Gasteiger partial charge on any atom is 0.373 e. The standard InChI is InChI=1S/C27H25N3O3.C27H29N3O3.C19H18N2O3.C19H18N2O2S.C18H18N2O3.C8H11N.CO2/c1-19(22-15-9-4-10-16-22)30-25(31)23-24(26(30)32)29(18-21-13-7-3-8-14-21)27(33)28(23)17-20-11-5-2-6-12-20;1-20(23-15-9-4-10-16-23)28-26(32)25-24(19-31)29(17-21-11-5-2-6-12-21)27(33)30(25)18-22-13-7-3-8-14-22;2*22-18-17-16(13-24-18)20(11-14-7-3-1-4-8-14)19(23)21(17)12-15-9-5-2-6-10-15;21-17(22)16-13-19(11-14-7-3-1-4-8-14)18(23)20(16)12-15-9-5-2-6-10-15;1-7(9)8-5-3-2-4-6-8;2-1-3/h2-16,19,23-24H,17-18H2,1H3;2-16,20,24-25,31H,17-19H2,1H3,(H,28,32);2*1-10,16-17H,11-13H2;1-10,16H,11-13H2,(H,21,22);2-7H,9H2,1H3;/t19-,23+,24?;20-,24?,25+;2*16?,17-;16-;7-;/m110001./s1. The van der Waals surface area contributed by atoms with Gasteiger partial charge in [0.15, 0.2) is 6.04 Å². The Bertz CT molecular complexity index is 6460. The average Bonchev–Trinajstić information content (AvgIpc) is 1.56. The predicted octanol–water partition coefficient (Wildman–Crippen LogP) is 17.0. The van der Waals surface area contributed by atoms with Gasteiger partial charge in [0.1, 0.15) is 36.8 Å². The number of carbonyl (C=O) groups is 11. The molecular formula is C119H119N13O16S. The van der Waals surface area contributed by atoms with Crippen LogP contribution in [0.15, 0.2) is 394 Å². The van der Waals surface area contributed by atoms with Crippen LogP contribution in [0.25, 0.3) is 0 Å². The smallest absolute Gasteiger partial charge is 0.373 e. The molecule has 0 radical (unpaired) electrons. The lowest BCUT2D eigenvalue weighted by molar-refractivity contribution is -0.192. The third-order valence-electron chi connectivity index (χ3n) is 27.2. The number of aliphatic hydroxyl groups is 1. The van der Waals surface area contributed by atoms with Crippen molar-refractivity contribution in [3.63, 3.8) is 0 Å². The van der Waals surface area contributed by atoms with Crippen molar-refractivity contribution in [2.24, 2.45) is 5.73 Å². The first-order valence-electron chi connectivity index (χ1n) is 49.5. The minimum Gasteiger partial charge on any atom is -0.480 e. The molecule has 8 aliphatic rings. The second-order valence-corrected chi connectivity index (χ2v) is 38.1. The zero-order valence-corrected chi connectivity index (χ0v) is 83.7. The molecule has 0 spiro atoms. The highest BCUT2D eigenvalue weighted by atomic mass is 32.2. The number of ether oxygens (including phenoxy) is 1. The Hall–Kier alpha value is -16.9. The zero-order chi connectivity index (χ0) is 105. The van der Waals surface area contributed by atoms with E-state index in [0.717, 1.165) is 66.8 Å². The Balaban J connectivity index is 0.000000136.